The summed E-state index contributed by atoms with van der Waals surface area (Å²) in [4.78, 5) is 35.5. The molecular formula is C17H21N3O4. The fourth-order valence-electron chi connectivity index (χ4n) is 2.51. The quantitative estimate of drug-likeness (QED) is 0.795. The lowest BCUT2D eigenvalue weighted by Crippen LogP contribution is -2.38. The summed E-state index contributed by atoms with van der Waals surface area (Å²) in [5.41, 5.74) is -0.347. The van der Waals surface area contributed by atoms with Gasteiger partial charge in [0, 0.05) is 11.9 Å². The largest absolute Gasteiger partial charge is 0.481 e. The van der Waals surface area contributed by atoms with Crippen LogP contribution >= 0.6 is 0 Å². The Hall–Kier alpha value is -2.70. The molecule has 1 unspecified atom stereocenters. The summed E-state index contributed by atoms with van der Waals surface area (Å²) >= 11 is 0. The summed E-state index contributed by atoms with van der Waals surface area (Å²) < 4.78 is 1.08. The number of benzene rings is 1. The van der Waals surface area contributed by atoms with Gasteiger partial charge in [0.2, 0.25) is 5.91 Å². The molecule has 0 spiro atoms. The van der Waals surface area contributed by atoms with E-state index in [4.69, 9.17) is 5.11 Å². The Morgan fingerprint density at radius 2 is 2.00 bits per heavy atom. The van der Waals surface area contributed by atoms with E-state index in [1.54, 1.807) is 24.3 Å². The number of aliphatic carboxylic acids is 1. The van der Waals surface area contributed by atoms with Gasteiger partial charge in [-0.15, -0.1) is 0 Å². The van der Waals surface area contributed by atoms with Gasteiger partial charge in [0.05, 0.1) is 17.5 Å². The zero-order valence-electron chi connectivity index (χ0n) is 13.7. The number of aromatic nitrogens is 2. The highest BCUT2D eigenvalue weighted by Gasteiger charge is 2.20. The Kier molecular flexibility index (Phi) is 5.68. The molecule has 7 heteroatoms. The molecule has 2 N–H and O–H groups in total. The first-order valence-corrected chi connectivity index (χ1v) is 7.83. The molecular weight excluding hydrogens is 310 g/mol. The number of nitrogens with one attached hydrogen (secondary N) is 1. The van der Waals surface area contributed by atoms with Crippen molar-refractivity contribution in [1.82, 2.24) is 15.1 Å². The Balaban J connectivity index is 2.03. The van der Waals surface area contributed by atoms with Gasteiger partial charge >= 0.3 is 5.97 Å². The molecule has 0 aliphatic rings. The second kappa shape index (κ2) is 7.72. The highest BCUT2D eigenvalue weighted by molar-refractivity contribution is 5.81. The molecule has 128 valence electrons. The third-order valence-corrected chi connectivity index (χ3v) is 3.71. The summed E-state index contributed by atoms with van der Waals surface area (Å²) in [5.74, 6) is -1.80. The second-order valence-electron chi connectivity index (χ2n) is 6.16. The van der Waals surface area contributed by atoms with Crippen molar-refractivity contribution in [1.29, 1.82) is 0 Å². The second-order valence-corrected chi connectivity index (χ2v) is 6.16. The Bertz CT molecular complexity index is 798. The van der Waals surface area contributed by atoms with Crippen molar-refractivity contribution >= 4 is 22.6 Å². The summed E-state index contributed by atoms with van der Waals surface area (Å²) in [6.45, 7) is 3.65. The van der Waals surface area contributed by atoms with Gasteiger partial charge in [-0.2, -0.15) is 5.10 Å². The van der Waals surface area contributed by atoms with Crippen LogP contribution in [0.4, 0.5) is 0 Å². The zero-order chi connectivity index (χ0) is 17.7. The predicted octanol–water partition coefficient (Wildman–Crippen LogP) is 1.26. The maximum atomic E-state index is 12.3. The third kappa shape index (κ3) is 4.41. The molecule has 0 fully saturated rings. The standard InChI is InChI=1S/C17H21N3O4/c1-11(2)7-13(17(23)24)8-18-15(21)10-20-16(22)14-6-4-3-5-12(14)9-19-20/h3-6,9,11,13H,7-8,10H2,1-2H3,(H,18,21)(H,23,24). The van der Waals surface area contributed by atoms with Crippen LogP contribution in [0.5, 0.6) is 0 Å². The molecule has 0 bridgehead atoms. The Morgan fingerprint density at radius 3 is 2.67 bits per heavy atom. The van der Waals surface area contributed by atoms with E-state index >= 15 is 0 Å². The molecule has 0 aliphatic heterocycles. The molecule has 1 heterocycles. The molecule has 0 saturated heterocycles. The van der Waals surface area contributed by atoms with Crippen LogP contribution in [0.2, 0.25) is 0 Å². The topological polar surface area (TPSA) is 101 Å². The number of rotatable bonds is 7. The van der Waals surface area contributed by atoms with Crippen molar-refractivity contribution in [2.75, 3.05) is 6.54 Å². The number of carboxylic acid groups (broad SMARTS) is 1. The van der Waals surface area contributed by atoms with Crippen LogP contribution in [-0.2, 0) is 16.1 Å². The number of hydrogen-bond acceptors (Lipinski definition) is 4. The minimum Gasteiger partial charge on any atom is -0.481 e. The molecule has 0 saturated carbocycles. The first-order chi connectivity index (χ1) is 11.4. The van der Waals surface area contributed by atoms with Gasteiger partial charge in [-0.25, -0.2) is 4.68 Å². The molecule has 7 nitrogen and oxygen atoms in total. The monoisotopic (exact) mass is 331 g/mol. The van der Waals surface area contributed by atoms with E-state index < -0.39 is 17.8 Å². The van der Waals surface area contributed by atoms with Crippen LogP contribution in [0.1, 0.15) is 20.3 Å². The molecule has 1 aromatic heterocycles. The van der Waals surface area contributed by atoms with Crippen molar-refractivity contribution in [3.05, 3.63) is 40.8 Å². The average Bonchev–Trinajstić information content (AvgIpc) is 2.54. The minimum absolute atomic E-state index is 0.0364. The summed E-state index contributed by atoms with van der Waals surface area (Å²) in [6.07, 6.45) is 2.01. The zero-order valence-corrected chi connectivity index (χ0v) is 13.7. The van der Waals surface area contributed by atoms with Gasteiger partial charge in [0.25, 0.3) is 5.56 Å². The van der Waals surface area contributed by atoms with Crippen molar-refractivity contribution in [2.45, 2.75) is 26.8 Å². The Morgan fingerprint density at radius 1 is 1.29 bits per heavy atom. The number of carboxylic acids is 1. The van der Waals surface area contributed by atoms with Crippen LogP contribution in [0.25, 0.3) is 10.8 Å². The predicted molar refractivity (Wildman–Crippen MR) is 89.6 cm³/mol. The van der Waals surface area contributed by atoms with E-state index in [0.29, 0.717) is 17.2 Å². The van der Waals surface area contributed by atoms with Gasteiger partial charge in [0.1, 0.15) is 6.54 Å². The molecule has 1 amide bonds. The van der Waals surface area contributed by atoms with Gasteiger partial charge in [0.15, 0.2) is 0 Å². The normalized spacial score (nSPS) is 12.3. The van der Waals surface area contributed by atoms with E-state index in [2.05, 4.69) is 10.4 Å². The fourth-order valence-corrected chi connectivity index (χ4v) is 2.51. The lowest BCUT2D eigenvalue weighted by atomic mass is 9.97. The smallest absolute Gasteiger partial charge is 0.308 e. The van der Waals surface area contributed by atoms with Gasteiger partial charge in [-0.3, -0.25) is 14.4 Å². The summed E-state index contributed by atoms with van der Waals surface area (Å²) in [5, 5.41) is 16.9. The van der Waals surface area contributed by atoms with E-state index in [1.807, 2.05) is 13.8 Å². The number of amides is 1. The number of nitrogens with zero attached hydrogens (tertiary/aromatic N) is 2. The van der Waals surface area contributed by atoms with Crippen LogP contribution < -0.4 is 10.9 Å². The van der Waals surface area contributed by atoms with E-state index in [0.717, 1.165) is 4.68 Å². The first-order valence-electron chi connectivity index (χ1n) is 7.83. The fraction of sp³-hybridized carbons (Fsp3) is 0.412. The van der Waals surface area contributed by atoms with Crippen molar-refractivity contribution < 1.29 is 14.7 Å². The highest BCUT2D eigenvalue weighted by Crippen LogP contribution is 2.11. The lowest BCUT2D eigenvalue weighted by Gasteiger charge is -2.15. The van der Waals surface area contributed by atoms with Crippen LogP contribution in [0, 0.1) is 11.8 Å². The van der Waals surface area contributed by atoms with Crippen molar-refractivity contribution in [3.8, 4) is 0 Å². The number of carbonyl (C=O) groups is 2. The number of carbonyl (C=O) groups excluding carboxylic acids is 1. The SMILES string of the molecule is CC(C)CC(CNC(=O)Cn1ncc2ccccc2c1=O)C(=O)O. The van der Waals surface area contributed by atoms with Gasteiger partial charge in [-0.05, 0) is 18.4 Å². The third-order valence-electron chi connectivity index (χ3n) is 3.71. The average molecular weight is 331 g/mol. The Labute approximate surface area is 139 Å². The molecule has 2 aromatic rings. The number of fused-ring (bicyclic) bond motifs is 1. The van der Waals surface area contributed by atoms with Crippen LogP contribution in [0.15, 0.2) is 35.3 Å². The lowest BCUT2D eigenvalue weighted by molar-refractivity contribution is -0.142. The molecule has 1 atom stereocenters. The van der Waals surface area contributed by atoms with Crippen molar-refractivity contribution in [2.24, 2.45) is 11.8 Å². The molecule has 24 heavy (non-hydrogen) atoms. The molecule has 0 radical (unpaired) electrons. The summed E-state index contributed by atoms with van der Waals surface area (Å²) in [6, 6.07) is 7.01. The van der Waals surface area contributed by atoms with E-state index in [9.17, 15) is 14.4 Å². The first kappa shape index (κ1) is 17.7. The number of hydrogen-bond donors (Lipinski definition) is 2. The van der Waals surface area contributed by atoms with E-state index in [-0.39, 0.29) is 24.6 Å². The summed E-state index contributed by atoms with van der Waals surface area (Å²) in [7, 11) is 0. The van der Waals surface area contributed by atoms with Crippen molar-refractivity contribution in [3.63, 3.8) is 0 Å². The molecule has 2 rings (SSSR count). The maximum absolute atomic E-state index is 12.3. The highest BCUT2D eigenvalue weighted by atomic mass is 16.4. The molecule has 0 aliphatic carbocycles. The van der Waals surface area contributed by atoms with Crippen LogP contribution in [0.3, 0.4) is 0 Å². The molecule has 1 aromatic carbocycles. The van der Waals surface area contributed by atoms with Gasteiger partial charge < -0.3 is 10.4 Å². The maximum Gasteiger partial charge on any atom is 0.308 e. The van der Waals surface area contributed by atoms with Gasteiger partial charge in [-0.1, -0.05) is 32.0 Å². The minimum atomic E-state index is -0.940. The van der Waals surface area contributed by atoms with Crippen LogP contribution in [-0.4, -0.2) is 33.3 Å². The van der Waals surface area contributed by atoms with E-state index in [1.165, 1.54) is 6.20 Å².